The maximum Gasteiger partial charge on any atom is 0.211 e. The fraction of sp³-hybridized carbons (Fsp3) is 0. The smallest absolute Gasteiger partial charge is 0.211 e. The fourth-order valence-corrected chi connectivity index (χ4v) is 2.32. The molecule has 0 saturated carbocycles. The van der Waals surface area contributed by atoms with Crippen molar-refractivity contribution in [2.24, 2.45) is 0 Å². The Balaban J connectivity index is 0.000000722. The van der Waals surface area contributed by atoms with Crippen LogP contribution in [0.3, 0.4) is 0 Å². The molecule has 0 atom stereocenters. The molecule has 0 spiro atoms. The minimum atomic E-state index is 0. The first kappa shape index (κ1) is 14.3. The van der Waals surface area contributed by atoms with Gasteiger partial charge in [-0.25, -0.2) is 0 Å². The molecule has 0 bridgehead atoms. The Bertz CT molecular complexity index is 657. The molecule has 0 unspecified atom stereocenters. The average Bonchev–Trinajstić information content (AvgIpc) is 2.26. The summed E-state index contributed by atoms with van der Waals surface area (Å²) in [5.41, 5.74) is 1.23. The van der Waals surface area contributed by atoms with Gasteiger partial charge in [-0.15, -0.1) is 0 Å². The van der Waals surface area contributed by atoms with Crippen LogP contribution in [0.1, 0.15) is 0 Å². The van der Waals surface area contributed by atoms with Gasteiger partial charge in [0, 0.05) is 27.2 Å². The summed E-state index contributed by atoms with van der Waals surface area (Å²) >= 11 is 2.34. The van der Waals surface area contributed by atoms with Gasteiger partial charge in [-0.05, 0) is 52.2 Å². The van der Waals surface area contributed by atoms with Gasteiger partial charge in [0.25, 0.3) is 0 Å². The topological polar surface area (TPSA) is 35.6 Å². The van der Waals surface area contributed by atoms with E-state index in [1.54, 1.807) is 0 Å². The summed E-state index contributed by atoms with van der Waals surface area (Å²) in [5.74, 6) is 0. The van der Waals surface area contributed by atoms with Crippen LogP contribution in [0, 0.1) is 3.57 Å². The van der Waals surface area contributed by atoms with Crippen molar-refractivity contribution >= 4 is 38.9 Å². The van der Waals surface area contributed by atoms with Crippen molar-refractivity contribution in [2.45, 2.75) is 0 Å². The van der Waals surface area contributed by atoms with Crippen molar-refractivity contribution in [2.75, 3.05) is 0 Å². The minimum absolute atomic E-state index is 0. The highest BCUT2D eigenvalue weighted by atomic mass is 127. The lowest BCUT2D eigenvalue weighted by Crippen LogP contribution is -3.00. The molecule has 88 valence electrons. The first-order chi connectivity index (χ1) is 7.33. The molecule has 3 rings (SSSR count). The largest absolute Gasteiger partial charge is 1.00 e. The van der Waals surface area contributed by atoms with E-state index in [4.69, 9.17) is 0 Å². The number of hydrogen-bond donors (Lipinski definition) is 0. The summed E-state index contributed by atoms with van der Waals surface area (Å²) in [6.45, 7) is 0. The van der Waals surface area contributed by atoms with Crippen molar-refractivity contribution in [3.63, 3.8) is 0 Å². The van der Waals surface area contributed by atoms with E-state index in [-0.39, 0.29) is 22.5 Å². The van der Waals surface area contributed by atoms with Crippen molar-refractivity contribution in [1.82, 2.24) is 0 Å². The van der Waals surface area contributed by atoms with Gasteiger partial charge in [-0.3, -0.25) is 0 Å². The van der Waals surface area contributed by atoms with Crippen LogP contribution >= 0.6 is 22.6 Å². The van der Waals surface area contributed by atoms with Crippen LogP contribution in [-0.4, -0.2) is 5.48 Å². The molecule has 2 N–H and O–H groups in total. The molecular formula is C13H11BrINO. The fourth-order valence-electron chi connectivity index (χ4n) is 1.81. The van der Waals surface area contributed by atoms with E-state index < -0.39 is 0 Å². The number of hydrogen-bond acceptors (Lipinski definition) is 0. The molecule has 3 aromatic rings. The van der Waals surface area contributed by atoms with Crippen molar-refractivity contribution in [3.8, 4) is 0 Å². The third-order valence-corrected chi connectivity index (χ3v) is 3.22. The molecule has 4 heteroatoms. The second-order valence-corrected chi connectivity index (χ2v) is 4.83. The third kappa shape index (κ3) is 2.75. The Morgan fingerprint density at radius 3 is 2.59 bits per heavy atom. The normalized spacial score (nSPS) is 9.71. The van der Waals surface area contributed by atoms with Crippen molar-refractivity contribution in [3.05, 3.63) is 58.4 Å². The summed E-state index contributed by atoms with van der Waals surface area (Å²) < 4.78 is 3.43. The molecule has 1 aromatic carbocycles. The molecule has 2 nitrogen and oxygen atoms in total. The number of fused-ring (bicyclic) bond motifs is 2. The van der Waals surface area contributed by atoms with E-state index in [0.717, 1.165) is 0 Å². The van der Waals surface area contributed by atoms with Crippen molar-refractivity contribution in [1.29, 1.82) is 0 Å². The zero-order valence-electron chi connectivity index (χ0n) is 8.90. The summed E-state index contributed by atoms with van der Waals surface area (Å²) in [7, 11) is 0. The Morgan fingerprint density at radius 2 is 1.76 bits per heavy atom. The number of benzene rings is 1. The minimum Gasteiger partial charge on any atom is -1.00 e. The quantitative estimate of drug-likeness (QED) is 0.272. The van der Waals surface area contributed by atoms with Gasteiger partial charge in [0.05, 0.1) is 0 Å². The van der Waals surface area contributed by atoms with Gasteiger partial charge in [-0.1, -0.05) is 0 Å². The molecule has 0 aliphatic rings. The monoisotopic (exact) mass is 403 g/mol. The Morgan fingerprint density at radius 1 is 0.941 bits per heavy atom. The van der Waals surface area contributed by atoms with Gasteiger partial charge >= 0.3 is 0 Å². The van der Waals surface area contributed by atoms with Crippen LogP contribution in [0.15, 0.2) is 54.9 Å². The summed E-state index contributed by atoms with van der Waals surface area (Å²) in [6.07, 6.45) is 4.24. The highest BCUT2D eigenvalue weighted by Crippen LogP contribution is 2.16. The number of halogens is 2. The summed E-state index contributed by atoms with van der Waals surface area (Å²) in [4.78, 5) is 0. The third-order valence-electron chi connectivity index (χ3n) is 2.55. The van der Waals surface area contributed by atoms with Crippen LogP contribution in [0.2, 0.25) is 0 Å². The summed E-state index contributed by atoms with van der Waals surface area (Å²) in [6, 6.07) is 15.0. The highest BCUT2D eigenvalue weighted by molar-refractivity contribution is 14.1. The molecule has 0 saturated heterocycles. The molecule has 17 heavy (non-hydrogen) atoms. The Hall–Kier alpha value is -0.720. The molecular weight excluding hydrogens is 393 g/mol. The second kappa shape index (κ2) is 5.75. The molecule has 0 aliphatic carbocycles. The van der Waals surface area contributed by atoms with Gasteiger partial charge in [-0.2, -0.15) is 4.40 Å². The van der Waals surface area contributed by atoms with Gasteiger partial charge < -0.3 is 22.5 Å². The zero-order chi connectivity index (χ0) is 10.3. The van der Waals surface area contributed by atoms with E-state index in [1.165, 1.54) is 19.9 Å². The van der Waals surface area contributed by atoms with E-state index >= 15 is 0 Å². The number of aromatic nitrogens is 1. The first-order valence-corrected chi connectivity index (χ1v) is 5.90. The number of pyridine rings is 2. The standard InChI is InChI=1S/C13H9IN.BrH.H2O/c14-12-5-4-10-9-15-6-2-1-3-13(15)8-11(10)7-12;;/h1-9H;1H;1H2/q+1;;/p-1. The lowest BCUT2D eigenvalue weighted by Gasteiger charge is -1.97. The van der Waals surface area contributed by atoms with E-state index in [2.05, 4.69) is 75.8 Å². The predicted octanol–water partition coefficient (Wildman–Crippen LogP) is -0.638. The van der Waals surface area contributed by atoms with Crippen LogP contribution in [0.4, 0.5) is 0 Å². The maximum absolute atomic E-state index is 2.34. The average molecular weight is 404 g/mol. The molecule has 2 heterocycles. The Labute approximate surface area is 123 Å². The van der Waals surface area contributed by atoms with Gasteiger partial charge in [0.15, 0.2) is 12.4 Å². The maximum atomic E-state index is 2.34. The summed E-state index contributed by atoms with van der Waals surface area (Å²) in [5, 5.41) is 2.58. The molecule has 0 fully saturated rings. The SMILES string of the molecule is Ic1ccc2c[n+]3ccccc3cc2c1.O.[Br-]. The molecule has 0 radical (unpaired) electrons. The lowest BCUT2D eigenvalue weighted by atomic mass is 10.1. The predicted molar refractivity (Wildman–Crippen MR) is 73.4 cm³/mol. The van der Waals surface area contributed by atoms with E-state index in [0.29, 0.717) is 0 Å². The van der Waals surface area contributed by atoms with E-state index in [9.17, 15) is 0 Å². The molecule has 2 aromatic heterocycles. The molecule has 0 aliphatic heterocycles. The lowest BCUT2D eigenvalue weighted by molar-refractivity contribution is -0.510. The van der Waals surface area contributed by atoms with E-state index in [1.807, 2.05) is 6.07 Å². The molecule has 0 amide bonds. The number of nitrogens with zero attached hydrogens (tertiary/aromatic N) is 1. The van der Waals surface area contributed by atoms with Crippen LogP contribution in [0.25, 0.3) is 16.3 Å². The van der Waals surface area contributed by atoms with Crippen molar-refractivity contribution < 1.29 is 26.9 Å². The number of rotatable bonds is 0. The van der Waals surface area contributed by atoms with Crippen LogP contribution in [0.5, 0.6) is 0 Å². The second-order valence-electron chi connectivity index (χ2n) is 3.58. The first-order valence-electron chi connectivity index (χ1n) is 4.82. The van der Waals surface area contributed by atoms with Crippen LogP contribution < -0.4 is 21.4 Å². The van der Waals surface area contributed by atoms with Gasteiger partial charge in [0.2, 0.25) is 5.52 Å². The Kier molecular flexibility index (Phi) is 4.85. The zero-order valence-corrected chi connectivity index (χ0v) is 12.6. The highest BCUT2D eigenvalue weighted by Gasteiger charge is 2.03. The van der Waals surface area contributed by atoms with Gasteiger partial charge in [0.1, 0.15) is 0 Å². The van der Waals surface area contributed by atoms with Crippen LogP contribution in [-0.2, 0) is 0 Å².